The molecule has 0 fully saturated rings. The van der Waals surface area contributed by atoms with Crippen molar-refractivity contribution in [2.45, 2.75) is 13.8 Å². The average molecular weight is 393 g/mol. The quantitative estimate of drug-likeness (QED) is 0.549. The zero-order valence-corrected chi connectivity index (χ0v) is 16.9. The smallest absolute Gasteiger partial charge is 0.340 e. The maximum absolute atomic E-state index is 13.3. The fraction of sp³-hybridized carbons (Fsp3) is 0.217. The van der Waals surface area contributed by atoms with Gasteiger partial charge in [-0.2, -0.15) is 0 Å². The molecular formula is C23H23NO5. The number of benzene rings is 2. The number of hydrogen-bond donors (Lipinski definition) is 0. The number of anilines is 1. The minimum Gasteiger partial charge on any atom is -0.497 e. The summed E-state index contributed by atoms with van der Waals surface area (Å²) < 4.78 is 15.6. The van der Waals surface area contributed by atoms with E-state index < -0.39 is 5.97 Å². The highest BCUT2D eigenvalue weighted by Crippen LogP contribution is 2.36. The minimum atomic E-state index is -0.557. The van der Waals surface area contributed by atoms with Crippen LogP contribution in [0, 0.1) is 0 Å². The summed E-state index contributed by atoms with van der Waals surface area (Å²) in [4.78, 5) is 27.2. The second-order valence-electron chi connectivity index (χ2n) is 6.35. The SMILES string of the molecule is CCOc1ccc(N2C(=O)/C(=C\c3cccc(OC)c3)C(C(=O)OC)=C2C)cc1. The van der Waals surface area contributed by atoms with Gasteiger partial charge in [0.2, 0.25) is 0 Å². The second-order valence-corrected chi connectivity index (χ2v) is 6.35. The number of carbonyl (C=O) groups excluding carboxylic acids is 2. The van der Waals surface area contributed by atoms with Crippen molar-refractivity contribution in [3.63, 3.8) is 0 Å². The van der Waals surface area contributed by atoms with Crippen LogP contribution in [0.1, 0.15) is 19.4 Å². The topological polar surface area (TPSA) is 65.1 Å². The van der Waals surface area contributed by atoms with Crippen LogP contribution in [0.3, 0.4) is 0 Å². The summed E-state index contributed by atoms with van der Waals surface area (Å²) >= 11 is 0. The zero-order valence-electron chi connectivity index (χ0n) is 16.9. The van der Waals surface area contributed by atoms with Crippen molar-refractivity contribution in [3.05, 3.63) is 70.9 Å². The molecule has 1 amide bonds. The standard InChI is InChI=1S/C23H23NO5/c1-5-29-18-11-9-17(10-12-18)24-15(2)21(23(26)28-4)20(22(24)25)14-16-7-6-8-19(13-16)27-3/h6-14H,5H2,1-4H3/b20-14-. The van der Waals surface area contributed by atoms with E-state index in [4.69, 9.17) is 14.2 Å². The molecule has 29 heavy (non-hydrogen) atoms. The van der Waals surface area contributed by atoms with Crippen molar-refractivity contribution in [1.29, 1.82) is 0 Å². The molecule has 150 valence electrons. The van der Waals surface area contributed by atoms with E-state index in [2.05, 4.69) is 0 Å². The van der Waals surface area contributed by atoms with Crippen LogP contribution < -0.4 is 14.4 Å². The van der Waals surface area contributed by atoms with Gasteiger partial charge in [-0.3, -0.25) is 9.69 Å². The summed E-state index contributed by atoms with van der Waals surface area (Å²) in [6.45, 7) is 4.19. The van der Waals surface area contributed by atoms with E-state index in [1.165, 1.54) is 12.0 Å². The summed E-state index contributed by atoms with van der Waals surface area (Å²) in [6, 6.07) is 14.4. The lowest BCUT2D eigenvalue weighted by atomic mass is 10.0. The molecule has 0 N–H and O–H groups in total. The Morgan fingerprint density at radius 1 is 1.07 bits per heavy atom. The van der Waals surface area contributed by atoms with Gasteiger partial charge in [-0.15, -0.1) is 0 Å². The lowest BCUT2D eigenvalue weighted by molar-refractivity contribution is -0.136. The number of esters is 1. The van der Waals surface area contributed by atoms with Gasteiger partial charge in [0.15, 0.2) is 0 Å². The van der Waals surface area contributed by atoms with Gasteiger partial charge < -0.3 is 14.2 Å². The van der Waals surface area contributed by atoms with E-state index in [9.17, 15) is 9.59 Å². The first-order valence-corrected chi connectivity index (χ1v) is 9.22. The second kappa shape index (κ2) is 8.65. The monoisotopic (exact) mass is 393 g/mol. The van der Waals surface area contributed by atoms with Gasteiger partial charge in [-0.25, -0.2) is 4.79 Å². The molecule has 0 unspecified atom stereocenters. The van der Waals surface area contributed by atoms with Gasteiger partial charge in [0.25, 0.3) is 5.91 Å². The van der Waals surface area contributed by atoms with Crippen molar-refractivity contribution in [1.82, 2.24) is 0 Å². The Labute approximate surface area is 170 Å². The third-order valence-electron chi connectivity index (χ3n) is 4.60. The molecule has 0 saturated heterocycles. The predicted octanol–water partition coefficient (Wildman–Crippen LogP) is 3.97. The molecule has 0 aliphatic carbocycles. The first kappa shape index (κ1) is 20.2. The van der Waals surface area contributed by atoms with E-state index in [1.54, 1.807) is 50.4 Å². The van der Waals surface area contributed by atoms with Crippen LogP contribution in [0.2, 0.25) is 0 Å². The number of methoxy groups -OCH3 is 2. The molecule has 1 aliphatic rings. The summed E-state index contributed by atoms with van der Waals surface area (Å²) in [5.41, 5.74) is 2.42. The number of nitrogens with zero attached hydrogens (tertiary/aromatic N) is 1. The van der Waals surface area contributed by atoms with Crippen LogP contribution in [0.4, 0.5) is 5.69 Å². The lowest BCUT2D eigenvalue weighted by Crippen LogP contribution is -2.24. The first-order valence-electron chi connectivity index (χ1n) is 9.22. The molecule has 0 atom stereocenters. The molecule has 2 aromatic rings. The molecule has 0 aromatic heterocycles. The van der Waals surface area contributed by atoms with Crippen molar-refractivity contribution >= 4 is 23.6 Å². The van der Waals surface area contributed by atoms with Crippen LogP contribution in [0.25, 0.3) is 6.08 Å². The fourth-order valence-electron chi connectivity index (χ4n) is 3.25. The number of allylic oxidation sites excluding steroid dienone is 1. The Balaban J connectivity index is 2.06. The van der Waals surface area contributed by atoms with E-state index >= 15 is 0 Å². The molecule has 1 heterocycles. The molecule has 1 aliphatic heterocycles. The summed E-state index contributed by atoms with van der Waals surface area (Å²) in [6.07, 6.45) is 1.68. The van der Waals surface area contributed by atoms with Crippen molar-refractivity contribution in [2.75, 3.05) is 25.7 Å². The van der Waals surface area contributed by atoms with Crippen LogP contribution >= 0.6 is 0 Å². The van der Waals surface area contributed by atoms with Crippen LogP contribution in [0.15, 0.2) is 65.4 Å². The lowest BCUT2D eigenvalue weighted by Gasteiger charge is -2.18. The van der Waals surface area contributed by atoms with E-state index in [0.29, 0.717) is 29.5 Å². The van der Waals surface area contributed by atoms with Crippen molar-refractivity contribution in [3.8, 4) is 11.5 Å². The van der Waals surface area contributed by atoms with E-state index in [1.807, 2.05) is 25.1 Å². The highest BCUT2D eigenvalue weighted by Gasteiger charge is 2.37. The molecule has 3 rings (SSSR count). The number of hydrogen-bond acceptors (Lipinski definition) is 5. The summed E-state index contributed by atoms with van der Waals surface area (Å²) in [7, 11) is 2.88. The third-order valence-corrected chi connectivity index (χ3v) is 4.60. The summed E-state index contributed by atoms with van der Waals surface area (Å²) in [5, 5.41) is 0. The molecule has 0 saturated carbocycles. The minimum absolute atomic E-state index is 0.245. The van der Waals surface area contributed by atoms with Crippen LogP contribution in [-0.2, 0) is 14.3 Å². The van der Waals surface area contributed by atoms with Crippen molar-refractivity contribution in [2.24, 2.45) is 0 Å². The summed E-state index contributed by atoms with van der Waals surface area (Å²) in [5.74, 6) is 0.520. The molecule has 6 heteroatoms. The maximum atomic E-state index is 13.3. The number of ether oxygens (including phenoxy) is 3. The number of carbonyl (C=O) groups is 2. The number of amides is 1. The Morgan fingerprint density at radius 2 is 1.79 bits per heavy atom. The molecule has 2 aromatic carbocycles. The fourth-order valence-corrected chi connectivity index (χ4v) is 3.25. The van der Waals surface area contributed by atoms with Gasteiger partial charge in [0, 0.05) is 11.4 Å². The Hall–Kier alpha value is -3.54. The van der Waals surface area contributed by atoms with Crippen LogP contribution in [-0.4, -0.2) is 32.7 Å². The Bertz CT molecular complexity index is 989. The van der Waals surface area contributed by atoms with Crippen LogP contribution in [0.5, 0.6) is 11.5 Å². The normalized spacial score (nSPS) is 15.1. The van der Waals surface area contributed by atoms with Crippen molar-refractivity contribution < 1.29 is 23.8 Å². The first-order chi connectivity index (χ1) is 14.0. The molecular weight excluding hydrogens is 370 g/mol. The molecule has 0 bridgehead atoms. The third kappa shape index (κ3) is 4.01. The van der Waals surface area contributed by atoms with Gasteiger partial charge in [0.1, 0.15) is 11.5 Å². The molecule has 0 radical (unpaired) electrons. The van der Waals surface area contributed by atoms with Gasteiger partial charge in [-0.05, 0) is 61.9 Å². The highest BCUT2D eigenvalue weighted by atomic mass is 16.5. The van der Waals surface area contributed by atoms with Gasteiger partial charge in [0.05, 0.1) is 32.0 Å². The average Bonchev–Trinajstić information content (AvgIpc) is 2.98. The largest absolute Gasteiger partial charge is 0.497 e. The van der Waals surface area contributed by atoms with Gasteiger partial charge in [-0.1, -0.05) is 12.1 Å². The Kier molecular flexibility index (Phi) is 6.02. The highest BCUT2D eigenvalue weighted by molar-refractivity contribution is 6.23. The predicted molar refractivity (Wildman–Crippen MR) is 111 cm³/mol. The maximum Gasteiger partial charge on any atom is 0.340 e. The van der Waals surface area contributed by atoms with Gasteiger partial charge >= 0.3 is 5.97 Å². The van der Waals surface area contributed by atoms with E-state index in [0.717, 1.165) is 5.56 Å². The zero-order chi connectivity index (χ0) is 21.0. The Morgan fingerprint density at radius 3 is 2.41 bits per heavy atom. The molecule has 0 spiro atoms. The van der Waals surface area contributed by atoms with E-state index in [-0.39, 0.29) is 17.1 Å². The number of rotatable bonds is 6. The molecule has 6 nitrogen and oxygen atoms in total.